The third-order valence-corrected chi connectivity index (χ3v) is 7.18. The first-order chi connectivity index (χ1) is 18.5. The van der Waals surface area contributed by atoms with E-state index < -0.39 is 5.82 Å². The minimum absolute atomic E-state index is 0.0453. The van der Waals surface area contributed by atoms with Crippen LogP contribution < -0.4 is 19.5 Å². The van der Waals surface area contributed by atoms with Gasteiger partial charge in [-0.1, -0.05) is 24.3 Å². The molecule has 1 aromatic heterocycles. The van der Waals surface area contributed by atoms with Crippen molar-refractivity contribution in [3.8, 4) is 17.2 Å². The molecule has 38 heavy (non-hydrogen) atoms. The Kier molecular flexibility index (Phi) is 7.95. The van der Waals surface area contributed by atoms with Gasteiger partial charge in [-0.05, 0) is 66.8 Å². The van der Waals surface area contributed by atoms with Crippen LogP contribution >= 0.6 is 11.9 Å². The number of methoxy groups -OCH3 is 2. The van der Waals surface area contributed by atoms with Crippen LogP contribution in [0.15, 0.2) is 77.8 Å². The number of ether oxygens (including phenoxy) is 2. The van der Waals surface area contributed by atoms with Gasteiger partial charge in [0.1, 0.15) is 17.3 Å². The van der Waals surface area contributed by atoms with Gasteiger partial charge in [-0.2, -0.15) is 5.10 Å². The van der Waals surface area contributed by atoms with E-state index in [-0.39, 0.29) is 12.3 Å². The molecule has 7 nitrogen and oxygen atoms in total. The summed E-state index contributed by atoms with van der Waals surface area (Å²) in [5.74, 6) is 1.32. The molecule has 4 aromatic rings. The Morgan fingerprint density at radius 2 is 1.89 bits per heavy atom. The second kappa shape index (κ2) is 11.7. The van der Waals surface area contributed by atoms with Crippen molar-refractivity contribution in [3.05, 3.63) is 95.6 Å². The molecule has 0 aliphatic heterocycles. The SMILES string of the molecule is COc1ccc(CNSc2cc(NC(=O)Cc3ccccc3F)ccc2-n2ccc(C3CC3)n2)c(OC)c1. The molecule has 2 N–H and O–H groups in total. The Morgan fingerprint density at radius 1 is 1.05 bits per heavy atom. The van der Waals surface area contributed by atoms with Crippen molar-refractivity contribution >= 4 is 23.5 Å². The summed E-state index contributed by atoms with van der Waals surface area (Å²) in [5, 5.41) is 7.68. The molecule has 0 radical (unpaired) electrons. The van der Waals surface area contributed by atoms with Crippen LogP contribution in [-0.2, 0) is 17.8 Å². The molecule has 1 aliphatic rings. The number of hydrogen-bond donors (Lipinski definition) is 2. The fraction of sp³-hybridized carbons (Fsp3) is 0.241. The highest BCUT2D eigenvalue weighted by Gasteiger charge is 2.26. The van der Waals surface area contributed by atoms with Crippen LogP contribution in [0.4, 0.5) is 10.1 Å². The van der Waals surface area contributed by atoms with E-state index in [1.807, 2.05) is 47.3 Å². The molecule has 0 bridgehead atoms. The lowest BCUT2D eigenvalue weighted by Gasteiger charge is -2.14. The van der Waals surface area contributed by atoms with Gasteiger partial charge in [-0.3, -0.25) is 9.52 Å². The maximum atomic E-state index is 14.0. The zero-order valence-corrected chi connectivity index (χ0v) is 22.1. The van der Waals surface area contributed by atoms with Crippen molar-refractivity contribution in [1.82, 2.24) is 14.5 Å². The lowest BCUT2D eigenvalue weighted by molar-refractivity contribution is -0.115. The summed E-state index contributed by atoms with van der Waals surface area (Å²) in [6, 6.07) is 19.7. The number of hydrogen-bond acceptors (Lipinski definition) is 6. The van der Waals surface area contributed by atoms with Gasteiger partial charge in [-0.15, -0.1) is 0 Å². The predicted molar refractivity (Wildman–Crippen MR) is 147 cm³/mol. The van der Waals surface area contributed by atoms with Gasteiger partial charge in [-0.25, -0.2) is 9.07 Å². The van der Waals surface area contributed by atoms with E-state index >= 15 is 0 Å². The maximum absolute atomic E-state index is 14.0. The highest BCUT2D eigenvalue weighted by Crippen LogP contribution is 2.39. The Labute approximate surface area is 225 Å². The minimum atomic E-state index is -0.391. The largest absolute Gasteiger partial charge is 0.497 e. The van der Waals surface area contributed by atoms with E-state index in [0.29, 0.717) is 23.7 Å². The topological polar surface area (TPSA) is 77.4 Å². The molecule has 0 saturated heterocycles. The summed E-state index contributed by atoms with van der Waals surface area (Å²) in [5.41, 5.74) is 3.95. The zero-order valence-electron chi connectivity index (χ0n) is 21.2. The lowest BCUT2D eigenvalue weighted by Crippen LogP contribution is -2.15. The van der Waals surface area contributed by atoms with Gasteiger partial charge in [0.2, 0.25) is 5.91 Å². The number of carbonyl (C=O) groups excluding carboxylic acids is 1. The number of halogens is 1. The van der Waals surface area contributed by atoms with Crippen molar-refractivity contribution in [3.63, 3.8) is 0 Å². The number of nitrogens with one attached hydrogen (secondary N) is 2. The second-order valence-electron chi connectivity index (χ2n) is 9.06. The van der Waals surface area contributed by atoms with Gasteiger partial charge < -0.3 is 14.8 Å². The Bertz CT molecular complexity index is 1440. The van der Waals surface area contributed by atoms with Crippen LogP contribution in [-0.4, -0.2) is 29.9 Å². The summed E-state index contributed by atoms with van der Waals surface area (Å²) in [7, 11) is 3.25. The Balaban J connectivity index is 1.34. The number of benzene rings is 3. The number of carbonyl (C=O) groups is 1. The Hall–Kier alpha value is -3.82. The third-order valence-electron chi connectivity index (χ3n) is 6.34. The third kappa shape index (κ3) is 6.17. The van der Waals surface area contributed by atoms with E-state index in [2.05, 4.69) is 16.1 Å². The molecule has 3 aromatic carbocycles. The molecular formula is C29H29FN4O3S. The molecule has 1 saturated carbocycles. The molecular weight excluding hydrogens is 503 g/mol. The fourth-order valence-corrected chi connectivity index (χ4v) is 4.98. The summed E-state index contributed by atoms with van der Waals surface area (Å²) in [6.45, 7) is 0.535. The van der Waals surface area contributed by atoms with Crippen molar-refractivity contribution in [2.75, 3.05) is 19.5 Å². The number of amides is 1. The highest BCUT2D eigenvalue weighted by molar-refractivity contribution is 7.97. The molecule has 5 rings (SSSR count). The van der Waals surface area contributed by atoms with Gasteiger partial charge in [0.05, 0.1) is 36.9 Å². The van der Waals surface area contributed by atoms with Crippen LogP contribution in [0.1, 0.15) is 35.6 Å². The zero-order chi connectivity index (χ0) is 26.5. The fourth-order valence-electron chi connectivity index (χ4n) is 4.14. The van der Waals surface area contributed by atoms with E-state index in [1.54, 1.807) is 32.4 Å². The molecule has 0 atom stereocenters. The molecule has 9 heteroatoms. The Morgan fingerprint density at radius 3 is 2.66 bits per heavy atom. The van der Waals surface area contributed by atoms with Gasteiger partial charge in [0.15, 0.2) is 0 Å². The lowest BCUT2D eigenvalue weighted by atomic mass is 10.1. The van der Waals surface area contributed by atoms with Crippen molar-refractivity contribution in [2.24, 2.45) is 0 Å². The normalized spacial score (nSPS) is 12.8. The number of rotatable bonds is 11. The monoisotopic (exact) mass is 532 g/mol. The summed E-state index contributed by atoms with van der Waals surface area (Å²) < 4.78 is 30.1. The standard InChI is InChI=1S/C29H29FN4O3S/c1-36-23-11-9-21(27(17-23)37-2)18-31-38-28-16-22(32-29(35)15-20-5-3-4-6-24(20)30)10-12-26(28)34-14-13-25(33-34)19-7-8-19/h3-6,9-14,16-17,19,31H,7-8,15,18H2,1-2H3,(H,32,35). The van der Waals surface area contributed by atoms with Crippen molar-refractivity contribution in [1.29, 1.82) is 0 Å². The number of nitrogens with zero attached hydrogens (tertiary/aromatic N) is 2. The summed E-state index contributed by atoms with van der Waals surface area (Å²) in [4.78, 5) is 13.5. The first-order valence-corrected chi connectivity index (χ1v) is 13.2. The molecule has 1 aliphatic carbocycles. The second-order valence-corrected chi connectivity index (χ2v) is 9.99. The van der Waals surface area contributed by atoms with Crippen LogP contribution in [0.5, 0.6) is 11.5 Å². The number of aromatic nitrogens is 2. The molecule has 0 spiro atoms. The van der Waals surface area contributed by atoms with Gasteiger partial charge >= 0.3 is 0 Å². The van der Waals surface area contributed by atoms with Crippen LogP contribution in [0.2, 0.25) is 0 Å². The molecule has 196 valence electrons. The van der Waals surface area contributed by atoms with Crippen molar-refractivity contribution in [2.45, 2.75) is 36.6 Å². The predicted octanol–water partition coefficient (Wildman–Crippen LogP) is 5.88. The quantitative estimate of drug-likeness (QED) is 0.235. The molecule has 1 fully saturated rings. The summed E-state index contributed by atoms with van der Waals surface area (Å²) >= 11 is 1.44. The molecule has 0 unspecified atom stereocenters. The van der Waals surface area contributed by atoms with Crippen LogP contribution in [0, 0.1) is 5.82 Å². The van der Waals surface area contributed by atoms with E-state index in [1.165, 1.54) is 30.9 Å². The van der Waals surface area contributed by atoms with Crippen LogP contribution in [0.25, 0.3) is 5.69 Å². The van der Waals surface area contributed by atoms with Gasteiger partial charge in [0, 0.05) is 36.0 Å². The molecule has 1 amide bonds. The minimum Gasteiger partial charge on any atom is -0.497 e. The first-order valence-electron chi connectivity index (χ1n) is 12.4. The van der Waals surface area contributed by atoms with Crippen molar-refractivity contribution < 1.29 is 18.7 Å². The average Bonchev–Trinajstić information content (AvgIpc) is 3.67. The van der Waals surface area contributed by atoms with E-state index in [4.69, 9.17) is 14.6 Å². The number of anilines is 1. The smallest absolute Gasteiger partial charge is 0.228 e. The van der Waals surface area contributed by atoms with E-state index in [0.717, 1.165) is 33.3 Å². The summed E-state index contributed by atoms with van der Waals surface area (Å²) in [6.07, 6.45) is 4.28. The average molecular weight is 533 g/mol. The highest BCUT2D eigenvalue weighted by atomic mass is 32.2. The first kappa shape index (κ1) is 25.8. The van der Waals surface area contributed by atoms with E-state index in [9.17, 15) is 9.18 Å². The van der Waals surface area contributed by atoms with Gasteiger partial charge in [0.25, 0.3) is 0 Å². The maximum Gasteiger partial charge on any atom is 0.228 e. The van der Waals surface area contributed by atoms with Crippen LogP contribution in [0.3, 0.4) is 0 Å². The molecule has 1 heterocycles.